The number of amides is 2. The van der Waals surface area contributed by atoms with Gasteiger partial charge in [-0.1, -0.05) is 20.8 Å². The van der Waals surface area contributed by atoms with Gasteiger partial charge in [0.15, 0.2) is 11.9 Å². The second-order valence-corrected chi connectivity index (χ2v) is 8.59. The van der Waals surface area contributed by atoms with E-state index in [-0.39, 0.29) is 11.8 Å². The van der Waals surface area contributed by atoms with Crippen molar-refractivity contribution in [1.82, 2.24) is 25.4 Å². The average molecular weight is 384 g/mol. The lowest BCUT2D eigenvalue weighted by Gasteiger charge is -2.29. The third kappa shape index (κ3) is 3.00. The Labute approximate surface area is 162 Å². The molecular weight excluding hydrogens is 360 g/mol. The highest BCUT2D eigenvalue weighted by molar-refractivity contribution is 5.98. The standard InChI is InChI=1S/C19H24N6O3/c1-19(2,3)16(18(27)20-4)22-17(26)14-12-8-10-7-11(10)15(12)25(23-14)13-9-24(28)6-5-21-13/h5-6,9-11,16H,7-8H2,1-4H3,(H,20,27)(H,22,26)/t10-,11-,16?/m1/s1. The van der Waals surface area contributed by atoms with Crippen molar-refractivity contribution < 1.29 is 14.3 Å². The zero-order chi connectivity index (χ0) is 20.2. The van der Waals surface area contributed by atoms with Crippen LogP contribution in [-0.2, 0) is 11.2 Å². The fourth-order valence-electron chi connectivity index (χ4n) is 3.97. The van der Waals surface area contributed by atoms with E-state index in [1.54, 1.807) is 11.7 Å². The van der Waals surface area contributed by atoms with Crippen molar-refractivity contribution >= 4 is 11.8 Å². The summed E-state index contributed by atoms with van der Waals surface area (Å²) in [4.78, 5) is 29.6. The Bertz CT molecular complexity index is 961. The molecule has 4 rings (SSSR count). The SMILES string of the molecule is CNC(=O)C(NC(=O)c1nn(-c2c[n+]([O-])ccn2)c2c1C[C@H]1C[C@@H]21)C(C)(C)C. The zero-order valence-electron chi connectivity index (χ0n) is 16.4. The molecule has 1 saturated carbocycles. The Morgan fingerprint density at radius 3 is 2.79 bits per heavy atom. The van der Waals surface area contributed by atoms with Gasteiger partial charge in [0.05, 0.1) is 11.9 Å². The van der Waals surface area contributed by atoms with Crippen LogP contribution in [0.5, 0.6) is 0 Å². The predicted molar refractivity (Wildman–Crippen MR) is 99.6 cm³/mol. The predicted octanol–water partition coefficient (Wildman–Crippen LogP) is 0.451. The van der Waals surface area contributed by atoms with E-state index in [1.807, 2.05) is 20.8 Å². The molecule has 0 saturated heterocycles. The van der Waals surface area contributed by atoms with Gasteiger partial charge in [-0.3, -0.25) is 9.59 Å². The summed E-state index contributed by atoms with van der Waals surface area (Å²) in [6, 6.07) is -0.694. The van der Waals surface area contributed by atoms with Crippen molar-refractivity contribution in [3.05, 3.63) is 40.7 Å². The number of fused-ring (bicyclic) bond motifs is 3. The second-order valence-electron chi connectivity index (χ2n) is 8.59. The van der Waals surface area contributed by atoms with Crippen LogP contribution >= 0.6 is 0 Å². The van der Waals surface area contributed by atoms with Crippen molar-refractivity contribution in [3.8, 4) is 5.82 Å². The van der Waals surface area contributed by atoms with Crippen molar-refractivity contribution in [3.63, 3.8) is 0 Å². The number of nitrogens with one attached hydrogen (secondary N) is 2. The van der Waals surface area contributed by atoms with Gasteiger partial charge in [0.2, 0.25) is 17.9 Å². The molecule has 2 amide bonds. The van der Waals surface area contributed by atoms with Crippen LogP contribution in [0.25, 0.3) is 5.82 Å². The molecule has 0 spiro atoms. The first-order valence-corrected chi connectivity index (χ1v) is 9.40. The van der Waals surface area contributed by atoms with Crippen molar-refractivity contribution in [2.45, 2.75) is 45.6 Å². The number of carbonyl (C=O) groups is 2. The van der Waals surface area contributed by atoms with Crippen LogP contribution in [0.3, 0.4) is 0 Å². The summed E-state index contributed by atoms with van der Waals surface area (Å²) < 4.78 is 2.28. The monoisotopic (exact) mass is 384 g/mol. The minimum absolute atomic E-state index is 0.253. The van der Waals surface area contributed by atoms with Crippen molar-refractivity contribution in [2.24, 2.45) is 11.3 Å². The second kappa shape index (κ2) is 6.29. The van der Waals surface area contributed by atoms with Gasteiger partial charge in [-0.15, -0.1) is 0 Å². The van der Waals surface area contributed by atoms with Gasteiger partial charge < -0.3 is 15.8 Å². The summed E-state index contributed by atoms with van der Waals surface area (Å²) in [5.41, 5.74) is 1.70. The Balaban J connectivity index is 1.71. The molecule has 2 aliphatic carbocycles. The minimum Gasteiger partial charge on any atom is -0.619 e. The summed E-state index contributed by atoms with van der Waals surface area (Å²) in [5.74, 6) is 0.622. The molecule has 0 aromatic carbocycles. The first-order chi connectivity index (χ1) is 13.2. The molecule has 28 heavy (non-hydrogen) atoms. The largest absolute Gasteiger partial charge is 0.619 e. The first-order valence-electron chi connectivity index (χ1n) is 9.40. The van der Waals surface area contributed by atoms with Crippen molar-refractivity contribution in [2.75, 3.05) is 7.05 Å². The van der Waals surface area contributed by atoms with Crippen LogP contribution in [0.1, 0.15) is 54.9 Å². The molecule has 9 heteroatoms. The summed E-state index contributed by atoms with van der Waals surface area (Å²) in [7, 11) is 1.55. The average Bonchev–Trinajstić information content (AvgIpc) is 3.13. The molecule has 148 valence electrons. The molecular formula is C19H24N6O3. The van der Waals surface area contributed by atoms with E-state index in [0.29, 0.717) is 28.1 Å². The lowest BCUT2D eigenvalue weighted by Crippen LogP contribution is -2.53. The molecule has 0 radical (unpaired) electrons. The highest BCUT2D eigenvalue weighted by atomic mass is 16.5. The molecule has 2 aromatic rings. The number of hydrogen-bond acceptors (Lipinski definition) is 5. The van der Waals surface area contributed by atoms with Crippen LogP contribution in [0.4, 0.5) is 0 Å². The van der Waals surface area contributed by atoms with Gasteiger partial charge in [0, 0.05) is 18.5 Å². The Morgan fingerprint density at radius 1 is 1.39 bits per heavy atom. The smallest absolute Gasteiger partial charge is 0.272 e. The third-order valence-corrected chi connectivity index (χ3v) is 5.51. The minimum atomic E-state index is -0.694. The number of rotatable bonds is 4. The van der Waals surface area contributed by atoms with Crippen LogP contribution in [-0.4, -0.2) is 39.7 Å². The van der Waals surface area contributed by atoms with Gasteiger partial charge in [-0.05, 0) is 24.2 Å². The summed E-state index contributed by atoms with van der Waals surface area (Å²) in [5, 5.41) is 21.6. The van der Waals surface area contributed by atoms with E-state index in [4.69, 9.17) is 0 Å². The third-order valence-electron chi connectivity index (χ3n) is 5.51. The van der Waals surface area contributed by atoms with Crippen molar-refractivity contribution in [1.29, 1.82) is 0 Å². The quantitative estimate of drug-likeness (QED) is 0.587. The molecule has 3 atom stereocenters. The van der Waals surface area contributed by atoms with Gasteiger partial charge in [-0.25, -0.2) is 9.67 Å². The fourth-order valence-corrected chi connectivity index (χ4v) is 3.97. The van der Waals surface area contributed by atoms with Crippen LogP contribution < -0.4 is 15.4 Å². The number of aromatic nitrogens is 4. The lowest BCUT2D eigenvalue weighted by molar-refractivity contribution is -0.605. The van der Waals surface area contributed by atoms with E-state index in [0.717, 1.165) is 24.1 Å². The maximum absolute atomic E-state index is 13.1. The molecule has 0 aliphatic heterocycles. The van der Waals surface area contributed by atoms with Crippen LogP contribution in [0.15, 0.2) is 18.6 Å². The summed E-state index contributed by atoms with van der Waals surface area (Å²) in [6.07, 6.45) is 5.90. The number of carbonyl (C=O) groups excluding carboxylic acids is 2. The highest BCUT2D eigenvalue weighted by Gasteiger charge is 2.50. The molecule has 2 aromatic heterocycles. The number of likely N-dealkylation sites (N-methyl/N-ethyl adjacent to an activating group) is 1. The Hall–Kier alpha value is -2.97. The molecule has 2 N–H and O–H groups in total. The summed E-state index contributed by atoms with van der Waals surface area (Å²) >= 11 is 0. The Kier molecular flexibility index (Phi) is 4.13. The molecule has 9 nitrogen and oxygen atoms in total. The topological polar surface area (TPSA) is 116 Å². The van der Waals surface area contributed by atoms with Gasteiger partial charge >= 0.3 is 0 Å². The number of nitrogens with zero attached hydrogens (tertiary/aromatic N) is 4. The van der Waals surface area contributed by atoms with E-state index in [9.17, 15) is 14.8 Å². The maximum atomic E-state index is 13.1. The first kappa shape index (κ1) is 18.4. The van der Waals surface area contributed by atoms with Crippen LogP contribution in [0, 0.1) is 16.5 Å². The van der Waals surface area contributed by atoms with E-state index in [2.05, 4.69) is 20.7 Å². The normalized spacial score (nSPS) is 20.9. The van der Waals surface area contributed by atoms with Crippen LogP contribution in [0.2, 0.25) is 0 Å². The lowest BCUT2D eigenvalue weighted by atomic mass is 9.86. The zero-order valence-corrected chi connectivity index (χ0v) is 16.4. The highest BCUT2D eigenvalue weighted by Crippen LogP contribution is 2.57. The maximum Gasteiger partial charge on any atom is 0.272 e. The summed E-state index contributed by atoms with van der Waals surface area (Å²) in [6.45, 7) is 5.69. The molecule has 2 heterocycles. The van der Waals surface area contributed by atoms with Gasteiger partial charge in [-0.2, -0.15) is 9.83 Å². The van der Waals surface area contributed by atoms with E-state index >= 15 is 0 Å². The molecule has 1 unspecified atom stereocenters. The van der Waals surface area contributed by atoms with E-state index < -0.39 is 11.5 Å². The fraction of sp³-hybridized carbons (Fsp3) is 0.526. The molecule has 0 bridgehead atoms. The number of hydrogen-bond donors (Lipinski definition) is 2. The molecule has 1 fully saturated rings. The van der Waals surface area contributed by atoms with Gasteiger partial charge in [0.1, 0.15) is 6.04 Å². The molecule has 2 aliphatic rings. The Morgan fingerprint density at radius 2 is 2.14 bits per heavy atom. The van der Waals surface area contributed by atoms with Gasteiger partial charge in [0.25, 0.3) is 5.91 Å². The van der Waals surface area contributed by atoms with E-state index in [1.165, 1.54) is 18.6 Å².